The van der Waals surface area contributed by atoms with Crippen LogP contribution in [-0.4, -0.2) is 40.9 Å². The highest BCUT2D eigenvalue weighted by atomic mass is 35.5. The third kappa shape index (κ3) is 3.51. The van der Waals surface area contributed by atoms with Crippen LogP contribution in [0.4, 0.5) is 0 Å². The Morgan fingerprint density at radius 1 is 1.60 bits per heavy atom. The third-order valence-corrected chi connectivity index (χ3v) is 4.41. The molecule has 1 fully saturated rings. The fraction of sp³-hybridized carbons (Fsp3) is 0.714. The Labute approximate surface area is 129 Å². The summed E-state index contributed by atoms with van der Waals surface area (Å²) in [6.45, 7) is 9.78. The second-order valence-corrected chi connectivity index (χ2v) is 7.63. The Kier molecular flexibility index (Phi) is 4.72. The summed E-state index contributed by atoms with van der Waals surface area (Å²) in [6, 6.07) is 0. The van der Waals surface area contributed by atoms with E-state index in [4.69, 9.17) is 16.3 Å². The summed E-state index contributed by atoms with van der Waals surface area (Å²) in [5, 5.41) is 2.52. The number of hydrogen-bond acceptors (Lipinski definition) is 4. The van der Waals surface area contributed by atoms with Gasteiger partial charge in [-0.25, -0.2) is 4.98 Å². The van der Waals surface area contributed by atoms with E-state index in [1.807, 2.05) is 0 Å². The van der Waals surface area contributed by atoms with Crippen molar-refractivity contribution < 1.29 is 9.53 Å². The zero-order valence-electron chi connectivity index (χ0n) is 12.4. The molecule has 4 nitrogen and oxygen atoms in total. The molecular formula is C14H21ClN2O2S. The van der Waals surface area contributed by atoms with E-state index in [-0.39, 0.29) is 17.4 Å². The molecule has 1 aliphatic heterocycles. The van der Waals surface area contributed by atoms with E-state index < -0.39 is 5.38 Å². The van der Waals surface area contributed by atoms with Crippen LogP contribution in [0.1, 0.15) is 44.5 Å². The Hall–Kier alpha value is -0.650. The highest BCUT2D eigenvalue weighted by Gasteiger charge is 2.30. The van der Waals surface area contributed by atoms with Gasteiger partial charge in [0.2, 0.25) is 5.91 Å². The number of alkyl halides is 1. The van der Waals surface area contributed by atoms with Gasteiger partial charge in [-0.2, -0.15) is 0 Å². The number of aromatic nitrogens is 1. The predicted molar refractivity (Wildman–Crippen MR) is 81.4 cm³/mol. The number of ether oxygens (including phenoxy) is 1. The maximum atomic E-state index is 12.0. The van der Waals surface area contributed by atoms with E-state index in [9.17, 15) is 4.79 Å². The second kappa shape index (κ2) is 6.00. The first-order valence-electron chi connectivity index (χ1n) is 6.79. The molecule has 2 heterocycles. The number of carbonyl (C=O) groups is 1. The van der Waals surface area contributed by atoms with Gasteiger partial charge in [-0.05, 0) is 6.92 Å². The number of carbonyl (C=O) groups excluding carboxylic acids is 1. The van der Waals surface area contributed by atoms with E-state index in [1.54, 1.807) is 23.2 Å². The van der Waals surface area contributed by atoms with Crippen molar-refractivity contribution in [3.8, 4) is 0 Å². The molecule has 112 valence electrons. The van der Waals surface area contributed by atoms with Crippen molar-refractivity contribution >= 4 is 28.8 Å². The lowest BCUT2D eigenvalue weighted by molar-refractivity contribution is -0.138. The number of thiazole rings is 1. The number of hydrogen-bond donors (Lipinski definition) is 0. The van der Waals surface area contributed by atoms with Crippen molar-refractivity contribution in [2.45, 2.75) is 44.6 Å². The summed E-state index contributed by atoms with van der Waals surface area (Å²) in [5.74, 6) is -0.0347. The quantitative estimate of drug-likeness (QED) is 0.788. The smallest absolute Gasteiger partial charge is 0.240 e. The molecule has 2 rings (SSSR count). The zero-order valence-corrected chi connectivity index (χ0v) is 13.9. The standard InChI is InChI=1S/C14H21ClN2O2S/c1-9(15)13(18)17-5-6-19-10(7-17)12-16-11(8-20-12)14(2,3)4/h8-10H,5-7H2,1-4H3. The number of amides is 1. The minimum Gasteiger partial charge on any atom is -0.367 e. The van der Waals surface area contributed by atoms with Crippen LogP contribution < -0.4 is 0 Å². The molecule has 0 radical (unpaired) electrons. The van der Waals surface area contributed by atoms with Crippen LogP contribution in [0.3, 0.4) is 0 Å². The monoisotopic (exact) mass is 316 g/mol. The largest absolute Gasteiger partial charge is 0.367 e. The SMILES string of the molecule is CC(Cl)C(=O)N1CCOC(c2nc(C(C)(C)C)cs2)C1. The van der Waals surface area contributed by atoms with Crippen LogP contribution in [0.15, 0.2) is 5.38 Å². The van der Waals surface area contributed by atoms with Crippen LogP contribution in [0.5, 0.6) is 0 Å². The summed E-state index contributed by atoms with van der Waals surface area (Å²) in [5.41, 5.74) is 1.10. The molecule has 1 amide bonds. The maximum absolute atomic E-state index is 12.0. The second-order valence-electron chi connectivity index (χ2n) is 6.08. The Morgan fingerprint density at radius 2 is 2.30 bits per heavy atom. The van der Waals surface area contributed by atoms with E-state index in [0.717, 1.165) is 10.7 Å². The summed E-state index contributed by atoms with van der Waals surface area (Å²) in [6.07, 6.45) is -0.135. The molecular weight excluding hydrogens is 296 g/mol. The first-order chi connectivity index (χ1) is 9.29. The molecule has 0 spiro atoms. The predicted octanol–water partition coefficient (Wildman–Crippen LogP) is 2.97. The van der Waals surface area contributed by atoms with Crippen molar-refractivity contribution in [3.63, 3.8) is 0 Å². The maximum Gasteiger partial charge on any atom is 0.240 e. The first-order valence-corrected chi connectivity index (χ1v) is 8.11. The summed E-state index contributed by atoms with van der Waals surface area (Å²) >= 11 is 7.47. The molecule has 0 aliphatic carbocycles. The number of rotatable bonds is 2. The van der Waals surface area contributed by atoms with Gasteiger partial charge >= 0.3 is 0 Å². The number of morpholine rings is 1. The molecule has 20 heavy (non-hydrogen) atoms. The normalized spacial score (nSPS) is 21.9. The first kappa shape index (κ1) is 15.7. The van der Waals surface area contributed by atoms with Crippen LogP contribution in [-0.2, 0) is 14.9 Å². The summed E-state index contributed by atoms with van der Waals surface area (Å²) in [4.78, 5) is 18.4. The highest BCUT2D eigenvalue weighted by Crippen LogP contribution is 2.30. The Balaban J connectivity index is 2.09. The fourth-order valence-electron chi connectivity index (χ4n) is 2.03. The van der Waals surface area contributed by atoms with Crippen molar-refractivity contribution in [1.82, 2.24) is 9.88 Å². The van der Waals surface area contributed by atoms with Gasteiger partial charge in [0.15, 0.2) is 0 Å². The van der Waals surface area contributed by atoms with Gasteiger partial charge in [0.25, 0.3) is 0 Å². The molecule has 0 saturated carbocycles. The van der Waals surface area contributed by atoms with Gasteiger partial charge < -0.3 is 9.64 Å². The molecule has 1 aliphatic rings. The lowest BCUT2D eigenvalue weighted by Crippen LogP contribution is -2.44. The molecule has 0 aromatic carbocycles. The average Bonchev–Trinajstić information content (AvgIpc) is 2.87. The topological polar surface area (TPSA) is 42.4 Å². The van der Waals surface area contributed by atoms with Crippen LogP contribution in [0, 0.1) is 0 Å². The Morgan fingerprint density at radius 3 is 2.85 bits per heavy atom. The van der Waals surface area contributed by atoms with Gasteiger partial charge in [-0.1, -0.05) is 20.8 Å². The minimum atomic E-state index is -0.491. The van der Waals surface area contributed by atoms with Crippen molar-refractivity contribution in [2.24, 2.45) is 0 Å². The minimum absolute atomic E-state index is 0.0313. The van der Waals surface area contributed by atoms with Gasteiger partial charge in [-0.15, -0.1) is 22.9 Å². The van der Waals surface area contributed by atoms with E-state index in [0.29, 0.717) is 19.7 Å². The van der Waals surface area contributed by atoms with Crippen LogP contribution in [0.2, 0.25) is 0 Å². The van der Waals surface area contributed by atoms with E-state index in [1.165, 1.54) is 0 Å². The lowest BCUT2D eigenvalue weighted by atomic mass is 9.93. The van der Waals surface area contributed by atoms with E-state index >= 15 is 0 Å². The molecule has 2 atom stereocenters. The summed E-state index contributed by atoms with van der Waals surface area (Å²) in [7, 11) is 0. The fourth-order valence-corrected chi connectivity index (χ4v) is 3.25. The molecule has 6 heteroatoms. The number of nitrogens with zero attached hydrogens (tertiary/aromatic N) is 2. The van der Waals surface area contributed by atoms with Crippen molar-refractivity contribution in [3.05, 3.63) is 16.1 Å². The average molecular weight is 317 g/mol. The van der Waals surface area contributed by atoms with Gasteiger partial charge in [-0.3, -0.25) is 4.79 Å². The molecule has 0 N–H and O–H groups in total. The van der Waals surface area contributed by atoms with Crippen molar-refractivity contribution in [2.75, 3.05) is 19.7 Å². The summed E-state index contributed by atoms with van der Waals surface area (Å²) < 4.78 is 5.76. The van der Waals surface area contributed by atoms with Crippen LogP contribution in [0.25, 0.3) is 0 Å². The molecule has 0 bridgehead atoms. The molecule has 1 aromatic rings. The van der Waals surface area contributed by atoms with Gasteiger partial charge in [0.05, 0.1) is 18.8 Å². The number of halogens is 1. The molecule has 1 aromatic heterocycles. The lowest BCUT2D eigenvalue weighted by Gasteiger charge is -2.32. The zero-order chi connectivity index (χ0) is 14.9. The molecule has 2 unspecified atom stereocenters. The highest BCUT2D eigenvalue weighted by molar-refractivity contribution is 7.09. The van der Waals surface area contributed by atoms with Gasteiger partial charge in [0, 0.05) is 17.3 Å². The Bertz CT molecular complexity index is 482. The third-order valence-electron chi connectivity index (χ3n) is 3.28. The van der Waals surface area contributed by atoms with Gasteiger partial charge in [0.1, 0.15) is 16.5 Å². The molecule has 1 saturated heterocycles. The van der Waals surface area contributed by atoms with Crippen molar-refractivity contribution in [1.29, 1.82) is 0 Å². The van der Waals surface area contributed by atoms with E-state index in [2.05, 4.69) is 31.1 Å². The van der Waals surface area contributed by atoms with Crippen LogP contribution >= 0.6 is 22.9 Å².